The summed E-state index contributed by atoms with van der Waals surface area (Å²) in [6.45, 7) is 0.928. The molecule has 21 heavy (non-hydrogen) atoms. The average Bonchev–Trinajstić information content (AvgIpc) is 3.09. The van der Waals surface area contributed by atoms with Crippen LogP contribution in [0, 0.1) is 0 Å². The zero-order chi connectivity index (χ0) is 14.4. The Kier molecular flexibility index (Phi) is 3.05. The van der Waals surface area contributed by atoms with Gasteiger partial charge in [0.2, 0.25) is 6.79 Å². The molecule has 2 aromatic carbocycles. The first-order valence-electron chi connectivity index (χ1n) is 7.16. The van der Waals surface area contributed by atoms with Crippen molar-refractivity contribution in [2.24, 2.45) is 5.73 Å². The van der Waals surface area contributed by atoms with Crippen LogP contribution in [-0.2, 0) is 0 Å². The summed E-state index contributed by atoms with van der Waals surface area (Å²) in [6.07, 6.45) is 0.995. The highest BCUT2D eigenvalue weighted by Gasteiger charge is 2.33. The lowest BCUT2D eigenvalue weighted by molar-refractivity contribution is 0.174. The van der Waals surface area contributed by atoms with Crippen LogP contribution in [0.3, 0.4) is 0 Å². The molecule has 1 heterocycles. The normalized spacial score (nSPS) is 22.4. The summed E-state index contributed by atoms with van der Waals surface area (Å²) >= 11 is 6.48. The van der Waals surface area contributed by atoms with Gasteiger partial charge in [0.25, 0.3) is 0 Å². The van der Waals surface area contributed by atoms with Crippen LogP contribution in [0.15, 0.2) is 36.4 Å². The third kappa shape index (κ3) is 2.00. The Hall–Kier alpha value is -1.71. The van der Waals surface area contributed by atoms with Gasteiger partial charge in [-0.15, -0.1) is 0 Å². The van der Waals surface area contributed by atoms with E-state index in [1.54, 1.807) is 0 Å². The van der Waals surface area contributed by atoms with E-state index in [9.17, 15) is 0 Å². The van der Waals surface area contributed by atoms with E-state index in [4.69, 9.17) is 26.8 Å². The summed E-state index contributed by atoms with van der Waals surface area (Å²) in [4.78, 5) is 0. The maximum Gasteiger partial charge on any atom is 0.231 e. The third-order valence-electron chi connectivity index (χ3n) is 4.48. The van der Waals surface area contributed by atoms with Gasteiger partial charge in [-0.2, -0.15) is 0 Å². The van der Waals surface area contributed by atoms with Gasteiger partial charge in [0.15, 0.2) is 11.5 Å². The second-order valence-electron chi connectivity index (χ2n) is 5.58. The molecule has 0 aromatic heterocycles. The van der Waals surface area contributed by atoms with Gasteiger partial charge in [-0.25, -0.2) is 0 Å². The van der Waals surface area contributed by atoms with Crippen LogP contribution in [0.2, 0.25) is 5.02 Å². The topological polar surface area (TPSA) is 44.5 Å². The van der Waals surface area contributed by atoms with Crippen molar-refractivity contribution in [1.29, 1.82) is 0 Å². The minimum atomic E-state index is 0.266. The number of rotatable bonds is 2. The SMILES string of the molecule is NCC1CC(c2cc3c(cc2Cl)OCO3)c2ccccc21. The standard InChI is InChI=1S/C17H16ClNO2/c18-15-7-17-16(20-9-21-17)6-14(15)13-5-10(8-19)11-3-1-2-4-12(11)13/h1-4,6-7,10,13H,5,8-9,19H2. The number of ether oxygens (including phenoxy) is 2. The molecule has 0 spiro atoms. The van der Waals surface area contributed by atoms with Gasteiger partial charge in [0.05, 0.1) is 0 Å². The van der Waals surface area contributed by atoms with Gasteiger partial charge in [-0.05, 0) is 41.6 Å². The van der Waals surface area contributed by atoms with Gasteiger partial charge in [0.1, 0.15) is 0 Å². The van der Waals surface area contributed by atoms with Crippen molar-refractivity contribution in [3.63, 3.8) is 0 Å². The number of halogens is 1. The molecule has 0 fully saturated rings. The molecule has 4 rings (SSSR count). The Labute approximate surface area is 128 Å². The first kappa shape index (κ1) is 13.0. The minimum Gasteiger partial charge on any atom is -0.454 e. The Morgan fingerprint density at radius 3 is 2.52 bits per heavy atom. The van der Waals surface area contributed by atoms with E-state index in [1.165, 1.54) is 11.1 Å². The lowest BCUT2D eigenvalue weighted by Gasteiger charge is -2.15. The van der Waals surface area contributed by atoms with Crippen LogP contribution in [0.25, 0.3) is 0 Å². The van der Waals surface area contributed by atoms with E-state index in [0.717, 1.165) is 28.5 Å². The second-order valence-corrected chi connectivity index (χ2v) is 5.98. The highest BCUT2D eigenvalue weighted by Crippen LogP contribution is 2.49. The van der Waals surface area contributed by atoms with Crippen LogP contribution in [0.5, 0.6) is 11.5 Å². The average molecular weight is 302 g/mol. The van der Waals surface area contributed by atoms with Crippen molar-refractivity contribution in [2.45, 2.75) is 18.3 Å². The summed E-state index contributed by atoms with van der Waals surface area (Å²) < 4.78 is 10.9. The molecule has 1 aliphatic heterocycles. The van der Waals surface area contributed by atoms with Gasteiger partial charge < -0.3 is 15.2 Å². The summed E-state index contributed by atoms with van der Waals surface area (Å²) in [5.41, 5.74) is 9.71. The Morgan fingerprint density at radius 1 is 1.05 bits per heavy atom. The summed E-state index contributed by atoms with van der Waals surface area (Å²) in [6, 6.07) is 12.4. The Bertz CT molecular complexity index is 701. The van der Waals surface area contributed by atoms with Gasteiger partial charge in [-0.3, -0.25) is 0 Å². The van der Waals surface area contributed by atoms with Crippen LogP contribution in [0.4, 0.5) is 0 Å². The summed E-state index contributed by atoms with van der Waals surface area (Å²) in [7, 11) is 0. The van der Waals surface area contributed by atoms with E-state index in [0.29, 0.717) is 12.5 Å². The largest absolute Gasteiger partial charge is 0.454 e. The molecule has 1 aliphatic carbocycles. The molecular formula is C17H16ClNO2. The lowest BCUT2D eigenvalue weighted by atomic mass is 9.92. The quantitative estimate of drug-likeness (QED) is 0.921. The molecule has 0 saturated heterocycles. The second kappa shape index (κ2) is 4.93. The van der Waals surface area contributed by atoms with E-state index in [1.807, 2.05) is 12.1 Å². The molecule has 2 aliphatic rings. The molecule has 2 atom stereocenters. The first-order chi connectivity index (χ1) is 10.3. The van der Waals surface area contributed by atoms with Gasteiger partial charge in [-0.1, -0.05) is 35.9 Å². The fourth-order valence-electron chi connectivity index (χ4n) is 3.46. The molecule has 4 heteroatoms. The Balaban J connectivity index is 1.81. The molecule has 108 valence electrons. The third-order valence-corrected chi connectivity index (χ3v) is 4.81. The highest BCUT2D eigenvalue weighted by atomic mass is 35.5. The molecular weight excluding hydrogens is 286 g/mol. The fraction of sp³-hybridized carbons (Fsp3) is 0.294. The zero-order valence-electron chi connectivity index (χ0n) is 11.5. The summed E-state index contributed by atoms with van der Waals surface area (Å²) in [5, 5.41) is 0.733. The molecule has 0 saturated carbocycles. The van der Waals surface area contributed by atoms with E-state index >= 15 is 0 Å². The van der Waals surface area contributed by atoms with E-state index in [-0.39, 0.29) is 12.7 Å². The van der Waals surface area contributed by atoms with Crippen LogP contribution >= 0.6 is 11.6 Å². The number of fused-ring (bicyclic) bond motifs is 2. The van der Waals surface area contributed by atoms with E-state index in [2.05, 4.69) is 24.3 Å². The molecule has 2 N–H and O–H groups in total. The smallest absolute Gasteiger partial charge is 0.231 e. The van der Waals surface area contributed by atoms with Crippen molar-refractivity contribution in [2.75, 3.05) is 13.3 Å². The molecule has 2 aromatic rings. The number of hydrogen-bond acceptors (Lipinski definition) is 3. The minimum absolute atomic E-state index is 0.266. The van der Waals surface area contributed by atoms with Crippen molar-refractivity contribution in [3.8, 4) is 11.5 Å². The van der Waals surface area contributed by atoms with Gasteiger partial charge in [0, 0.05) is 17.0 Å². The highest BCUT2D eigenvalue weighted by molar-refractivity contribution is 6.31. The fourth-order valence-corrected chi connectivity index (χ4v) is 3.74. The molecule has 3 nitrogen and oxygen atoms in total. The summed E-state index contributed by atoms with van der Waals surface area (Å²) in [5.74, 6) is 2.18. The predicted octanol–water partition coefficient (Wildman–Crippen LogP) is 3.65. The molecule has 0 amide bonds. The predicted molar refractivity (Wildman–Crippen MR) is 82.3 cm³/mol. The first-order valence-corrected chi connectivity index (χ1v) is 7.53. The van der Waals surface area contributed by atoms with Crippen LogP contribution in [-0.4, -0.2) is 13.3 Å². The Morgan fingerprint density at radius 2 is 1.76 bits per heavy atom. The maximum atomic E-state index is 6.48. The number of benzene rings is 2. The van der Waals surface area contributed by atoms with Crippen molar-refractivity contribution in [3.05, 3.63) is 58.1 Å². The van der Waals surface area contributed by atoms with Crippen molar-refractivity contribution >= 4 is 11.6 Å². The van der Waals surface area contributed by atoms with E-state index < -0.39 is 0 Å². The number of hydrogen-bond donors (Lipinski definition) is 1. The lowest BCUT2D eigenvalue weighted by Crippen LogP contribution is -2.09. The maximum absolute atomic E-state index is 6.48. The van der Waals surface area contributed by atoms with Crippen LogP contribution in [0.1, 0.15) is 34.9 Å². The van der Waals surface area contributed by atoms with Gasteiger partial charge >= 0.3 is 0 Å². The van der Waals surface area contributed by atoms with Crippen LogP contribution < -0.4 is 15.2 Å². The zero-order valence-corrected chi connectivity index (χ0v) is 12.3. The molecule has 0 radical (unpaired) electrons. The van der Waals surface area contributed by atoms with Crippen molar-refractivity contribution < 1.29 is 9.47 Å². The molecule has 0 bridgehead atoms. The van der Waals surface area contributed by atoms with Crippen molar-refractivity contribution in [1.82, 2.24) is 0 Å². The monoisotopic (exact) mass is 301 g/mol. The molecule has 2 unspecified atom stereocenters. The number of nitrogens with two attached hydrogens (primary N) is 1.